The first-order valence-electron chi connectivity index (χ1n) is 3.43. The third kappa shape index (κ3) is 1.74. The summed E-state index contributed by atoms with van der Waals surface area (Å²) in [7, 11) is 0. The Morgan fingerprint density at radius 3 is 2.27 bits per heavy atom. The third-order valence-electron chi connectivity index (χ3n) is 1.42. The summed E-state index contributed by atoms with van der Waals surface area (Å²) in [6.45, 7) is 10.8. The first-order valence-corrected chi connectivity index (χ1v) is 3.43. The van der Waals surface area contributed by atoms with Gasteiger partial charge in [0.15, 0.2) is 0 Å². The summed E-state index contributed by atoms with van der Waals surface area (Å²) in [4.78, 5) is 10.8. The molecule has 1 aromatic rings. The lowest BCUT2D eigenvalue weighted by molar-refractivity contribution is 0.848. The minimum absolute atomic E-state index is 0.217. The molecule has 3 heteroatoms. The highest BCUT2D eigenvalue weighted by Gasteiger charge is 2.01. The van der Waals surface area contributed by atoms with Crippen LogP contribution in [0.3, 0.4) is 0 Å². The van der Waals surface area contributed by atoms with Crippen LogP contribution in [0.2, 0.25) is 0 Å². The molecule has 0 amide bonds. The summed E-state index contributed by atoms with van der Waals surface area (Å²) in [6.07, 6.45) is 3.40. The molecule has 0 spiro atoms. The Labute approximate surface area is 65.9 Å². The number of hydrogen-bond acceptors (Lipinski definition) is 2. The molecule has 1 heterocycles. The van der Waals surface area contributed by atoms with Gasteiger partial charge in [-0.05, 0) is 5.92 Å². The first-order chi connectivity index (χ1) is 5.24. The number of nitrogens with zero attached hydrogens (tertiary/aromatic N) is 3. The number of rotatable bonds is 1. The average Bonchev–Trinajstić information content (AvgIpc) is 2.05. The van der Waals surface area contributed by atoms with Gasteiger partial charge in [-0.3, -0.25) is 0 Å². The predicted molar refractivity (Wildman–Crippen MR) is 42.4 cm³/mol. The quantitative estimate of drug-likeness (QED) is 0.570. The maximum atomic E-state index is 6.62. The maximum Gasteiger partial charge on any atom is 0.371 e. The topological polar surface area (TPSA) is 30.1 Å². The highest BCUT2D eigenvalue weighted by Crippen LogP contribution is 2.12. The lowest BCUT2D eigenvalue weighted by Gasteiger charge is -1.99. The van der Waals surface area contributed by atoms with Gasteiger partial charge >= 0.3 is 5.95 Å². The number of aromatic nitrogens is 2. The van der Waals surface area contributed by atoms with Gasteiger partial charge < -0.3 is 4.85 Å². The van der Waals surface area contributed by atoms with E-state index in [1.807, 2.05) is 0 Å². The van der Waals surface area contributed by atoms with Gasteiger partial charge in [0, 0.05) is 5.56 Å². The Hall–Kier alpha value is -1.43. The van der Waals surface area contributed by atoms with Crippen molar-refractivity contribution in [2.75, 3.05) is 0 Å². The van der Waals surface area contributed by atoms with Crippen molar-refractivity contribution in [3.05, 3.63) is 29.4 Å². The van der Waals surface area contributed by atoms with Crippen molar-refractivity contribution >= 4 is 5.95 Å². The van der Waals surface area contributed by atoms with Gasteiger partial charge in [-0.15, -0.1) is 6.57 Å². The van der Waals surface area contributed by atoms with Gasteiger partial charge in [-0.2, -0.15) is 9.97 Å². The fourth-order valence-electron chi connectivity index (χ4n) is 0.687. The van der Waals surface area contributed by atoms with Crippen LogP contribution >= 0.6 is 0 Å². The first kappa shape index (κ1) is 7.67. The SMILES string of the molecule is [C-]#[N+]c1ncc(C(C)C)cn1. The van der Waals surface area contributed by atoms with Gasteiger partial charge in [0.1, 0.15) is 0 Å². The summed E-state index contributed by atoms with van der Waals surface area (Å²) >= 11 is 0. The minimum atomic E-state index is 0.217. The van der Waals surface area contributed by atoms with Gasteiger partial charge in [0.2, 0.25) is 0 Å². The van der Waals surface area contributed by atoms with Crippen LogP contribution < -0.4 is 0 Å². The second-order valence-electron chi connectivity index (χ2n) is 2.58. The molecule has 1 rings (SSSR count). The fourth-order valence-corrected chi connectivity index (χ4v) is 0.687. The highest BCUT2D eigenvalue weighted by molar-refractivity contribution is 5.25. The molecule has 0 radical (unpaired) electrons. The second-order valence-corrected chi connectivity index (χ2v) is 2.58. The molecule has 0 aliphatic carbocycles. The van der Waals surface area contributed by atoms with E-state index in [4.69, 9.17) is 6.57 Å². The van der Waals surface area contributed by atoms with Crippen LogP contribution in [0.5, 0.6) is 0 Å². The van der Waals surface area contributed by atoms with Crippen molar-refractivity contribution in [1.82, 2.24) is 9.97 Å². The van der Waals surface area contributed by atoms with Crippen molar-refractivity contribution in [2.24, 2.45) is 0 Å². The molecule has 0 aliphatic rings. The molecule has 0 saturated carbocycles. The van der Waals surface area contributed by atoms with E-state index < -0.39 is 0 Å². The molecule has 0 fully saturated rings. The van der Waals surface area contributed by atoms with E-state index in [9.17, 15) is 0 Å². The lowest BCUT2D eigenvalue weighted by Crippen LogP contribution is -1.89. The summed E-state index contributed by atoms with van der Waals surface area (Å²) in [5.74, 6) is 0.643. The normalized spacial score (nSPS) is 9.64. The van der Waals surface area contributed by atoms with E-state index >= 15 is 0 Å². The van der Waals surface area contributed by atoms with Gasteiger partial charge in [0.05, 0.1) is 12.4 Å². The second kappa shape index (κ2) is 3.11. The molecule has 0 aromatic carbocycles. The molecule has 11 heavy (non-hydrogen) atoms. The van der Waals surface area contributed by atoms with Crippen LogP contribution in [-0.2, 0) is 0 Å². The van der Waals surface area contributed by atoms with Crippen molar-refractivity contribution < 1.29 is 0 Å². The van der Waals surface area contributed by atoms with Crippen LogP contribution in [0.15, 0.2) is 12.4 Å². The van der Waals surface area contributed by atoms with Crippen LogP contribution in [0.1, 0.15) is 25.3 Å². The molecule has 0 saturated heterocycles. The Balaban J connectivity index is 2.94. The average molecular weight is 147 g/mol. The van der Waals surface area contributed by atoms with E-state index in [1.165, 1.54) is 0 Å². The molecular weight excluding hydrogens is 138 g/mol. The molecule has 0 atom stereocenters. The summed E-state index contributed by atoms with van der Waals surface area (Å²) in [5, 5.41) is 0. The molecule has 0 N–H and O–H groups in total. The zero-order chi connectivity index (χ0) is 8.27. The van der Waals surface area contributed by atoms with E-state index in [0.717, 1.165) is 5.56 Å². The van der Waals surface area contributed by atoms with E-state index in [1.54, 1.807) is 12.4 Å². The van der Waals surface area contributed by atoms with Crippen LogP contribution in [0.25, 0.3) is 4.85 Å². The predicted octanol–water partition coefficient (Wildman–Crippen LogP) is 2.15. The molecule has 3 nitrogen and oxygen atoms in total. The van der Waals surface area contributed by atoms with Crippen LogP contribution in [0.4, 0.5) is 5.95 Å². The van der Waals surface area contributed by atoms with Crippen molar-refractivity contribution in [2.45, 2.75) is 19.8 Å². The Morgan fingerprint density at radius 1 is 1.36 bits per heavy atom. The van der Waals surface area contributed by atoms with Gasteiger partial charge in [0.25, 0.3) is 0 Å². The van der Waals surface area contributed by atoms with E-state index in [-0.39, 0.29) is 5.95 Å². The number of hydrogen-bond donors (Lipinski definition) is 0. The minimum Gasteiger partial charge on any atom is -0.394 e. The zero-order valence-corrected chi connectivity index (χ0v) is 6.57. The smallest absolute Gasteiger partial charge is 0.371 e. The Kier molecular flexibility index (Phi) is 2.17. The fraction of sp³-hybridized carbons (Fsp3) is 0.375. The monoisotopic (exact) mass is 147 g/mol. The molecule has 1 aromatic heterocycles. The third-order valence-corrected chi connectivity index (χ3v) is 1.42. The van der Waals surface area contributed by atoms with E-state index in [0.29, 0.717) is 5.92 Å². The van der Waals surface area contributed by atoms with Crippen molar-refractivity contribution in [3.63, 3.8) is 0 Å². The van der Waals surface area contributed by atoms with E-state index in [2.05, 4.69) is 28.7 Å². The molecule has 56 valence electrons. The standard InChI is InChI=1S/C8H9N3/c1-6(2)7-4-10-8(9-3)11-5-7/h4-6H,1-2H3. The van der Waals surface area contributed by atoms with Crippen LogP contribution in [0, 0.1) is 6.57 Å². The zero-order valence-electron chi connectivity index (χ0n) is 6.57. The van der Waals surface area contributed by atoms with Crippen molar-refractivity contribution in [1.29, 1.82) is 0 Å². The highest BCUT2D eigenvalue weighted by atomic mass is 15.0. The maximum absolute atomic E-state index is 6.62. The summed E-state index contributed by atoms with van der Waals surface area (Å²) < 4.78 is 0. The largest absolute Gasteiger partial charge is 0.394 e. The molecule has 0 unspecified atom stereocenters. The Morgan fingerprint density at radius 2 is 1.91 bits per heavy atom. The van der Waals surface area contributed by atoms with Gasteiger partial charge in [-0.25, -0.2) is 0 Å². The Bertz CT molecular complexity index is 268. The van der Waals surface area contributed by atoms with Crippen molar-refractivity contribution in [3.8, 4) is 0 Å². The molecular formula is C8H9N3. The molecule has 0 bridgehead atoms. The van der Waals surface area contributed by atoms with Gasteiger partial charge in [-0.1, -0.05) is 13.8 Å². The summed E-state index contributed by atoms with van der Waals surface area (Å²) in [6, 6.07) is 0. The molecule has 0 aliphatic heterocycles. The lowest BCUT2D eigenvalue weighted by atomic mass is 10.1. The summed E-state index contributed by atoms with van der Waals surface area (Å²) in [5.41, 5.74) is 1.07. The van der Waals surface area contributed by atoms with Crippen LogP contribution in [-0.4, -0.2) is 9.97 Å².